The summed E-state index contributed by atoms with van der Waals surface area (Å²) in [4.78, 5) is 12.6. The van der Waals surface area contributed by atoms with Crippen LogP contribution in [0.3, 0.4) is 0 Å². The molecule has 0 amide bonds. The van der Waals surface area contributed by atoms with E-state index in [0.29, 0.717) is 32.3 Å². The molecule has 0 unspecified atom stereocenters. The van der Waals surface area contributed by atoms with Gasteiger partial charge in [0, 0.05) is 6.61 Å². The third-order valence-electron chi connectivity index (χ3n) is 8.70. The maximum absolute atomic E-state index is 14.0. The highest BCUT2D eigenvalue weighted by Crippen LogP contribution is 2.58. The highest BCUT2D eigenvalue weighted by molar-refractivity contribution is 5.72. The molecule has 0 bridgehead atoms. The maximum atomic E-state index is 14.0. The van der Waals surface area contributed by atoms with Crippen LogP contribution in [0.15, 0.2) is 0 Å². The van der Waals surface area contributed by atoms with Crippen LogP contribution in [0.4, 0.5) is 52.7 Å². The summed E-state index contributed by atoms with van der Waals surface area (Å²) in [6.45, 7) is 0.259. The molecule has 0 heterocycles. The molecular weight excluding hydrogens is 652 g/mol. The summed E-state index contributed by atoms with van der Waals surface area (Å²) in [6.07, 6.45) is 4.28. The normalized spacial score (nSPS) is 24.0. The number of hydrogen-bond acceptors (Lipinski definition) is 4. The minimum Gasteiger partial charge on any atom is -0.462 e. The number of carbonyl (C=O) groups excluding carboxylic acids is 1. The first kappa shape index (κ1) is 40.7. The van der Waals surface area contributed by atoms with Crippen LogP contribution in [0.25, 0.3) is 0 Å². The molecule has 16 heteroatoms. The fourth-order valence-electron chi connectivity index (χ4n) is 5.61. The van der Waals surface area contributed by atoms with Crippen molar-refractivity contribution in [2.75, 3.05) is 13.2 Å². The quantitative estimate of drug-likeness (QED) is 0.0723. The molecule has 2 saturated carbocycles. The Labute approximate surface area is 261 Å². The molecule has 272 valence electrons. The first-order valence-electron chi connectivity index (χ1n) is 15.9. The standard InChI is InChI=1S/C30H44F12O4/c1-2-3-4-5-6-7-8-9-18-44-21-12-10-20(11-13-21)24(43)46-23-16-14-22(15-17-23)45-19-26(33,34)28(37,38)30(41,42)29(39,40)27(35,36)25(31)32/h20-23,25H,2-19H2,1H3. The SMILES string of the molecule is CCCCCCCCCCOC1CCC(C(=O)OC2CCC(OCC(F)(F)C(F)(F)C(F)(F)C(F)(F)C(F)(F)C(F)F)CC2)CC1. The Bertz CT molecular complexity index is 902. The molecule has 0 atom stereocenters. The molecule has 2 aliphatic carbocycles. The summed E-state index contributed by atoms with van der Waals surface area (Å²) in [6, 6.07) is 0. The monoisotopic (exact) mass is 696 g/mol. The summed E-state index contributed by atoms with van der Waals surface area (Å²) in [5, 5.41) is 0. The number of unbranched alkanes of at least 4 members (excludes halogenated alkanes) is 7. The predicted octanol–water partition coefficient (Wildman–Crippen LogP) is 10.0. The molecule has 46 heavy (non-hydrogen) atoms. The van der Waals surface area contributed by atoms with Crippen molar-refractivity contribution >= 4 is 5.97 Å². The average Bonchev–Trinajstić information content (AvgIpc) is 2.99. The molecule has 4 nitrogen and oxygen atoms in total. The van der Waals surface area contributed by atoms with Crippen molar-refractivity contribution in [3.63, 3.8) is 0 Å². The van der Waals surface area contributed by atoms with Gasteiger partial charge in [-0.2, -0.15) is 43.9 Å². The fourth-order valence-corrected chi connectivity index (χ4v) is 5.61. The lowest BCUT2D eigenvalue weighted by Crippen LogP contribution is -2.69. The molecule has 2 rings (SSSR count). The first-order valence-corrected chi connectivity index (χ1v) is 15.9. The minimum atomic E-state index is -7.57. The van der Waals surface area contributed by atoms with Gasteiger partial charge in [-0.25, -0.2) is 8.78 Å². The van der Waals surface area contributed by atoms with Crippen molar-refractivity contribution in [1.82, 2.24) is 0 Å². The van der Waals surface area contributed by atoms with E-state index in [0.717, 1.165) is 12.8 Å². The van der Waals surface area contributed by atoms with E-state index >= 15 is 0 Å². The van der Waals surface area contributed by atoms with Crippen molar-refractivity contribution < 1.29 is 71.7 Å². The maximum Gasteiger partial charge on any atom is 0.384 e. The first-order chi connectivity index (χ1) is 21.3. The highest BCUT2D eigenvalue weighted by Gasteiger charge is 2.87. The Hall–Kier alpha value is -1.45. The molecule has 0 aromatic carbocycles. The smallest absolute Gasteiger partial charge is 0.384 e. The van der Waals surface area contributed by atoms with Gasteiger partial charge in [-0.05, 0) is 57.8 Å². The summed E-state index contributed by atoms with van der Waals surface area (Å²) >= 11 is 0. The number of alkyl halides is 12. The second-order valence-corrected chi connectivity index (χ2v) is 12.3. The Morgan fingerprint density at radius 1 is 0.609 bits per heavy atom. The van der Waals surface area contributed by atoms with Crippen molar-refractivity contribution in [2.45, 2.75) is 164 Å². The van der Waals surface area contributed by atoms with Gasteiger partial charge >= 0.3 is 42.0 Å². The van der Waals surface area contributed by atoms with Crippen LogP contribution in [0, 0.1) is 5.92 Å². The van der Waals surface area contributed by atoms with Crippen LogP contribution in [0.1, 0.15) is 110 Å². The molecule has 0 spiro atoms. The summed E-state index contributed by atoms with van der Waals surface area (Å²) < 4.78 is 176. The molecule has 2 aliphatic rings. The number of hydrogen-bond donors (Lipinski definition) is 0. The number of rotatable bonds is 20. The van der Waals surface area contributed by atoms with E-state index in [1.54, 1.807) is 0 Å². The zero-order valence-corrected chi connectivity index (χ0v) is 25.8. The molecular formula is C30H44F12O4. The zero-order valence-electron chi connectivity index (χ0n) is 25.8. The van der Waals surface area contributed by atoms with Crippen LogP contribution in [-0.4, -0.2) is 73.5 Å². The largest absolute Gasteiger partial charge is 0.462 e. The predicted molar refractivity (Wildman–Crippen MR) is 143 cm³/mol. The van der Waals surface area contributed by atoms with E-state index in [1.807, 2.05) is 0 Å². The van der Waals surface area contributed by atoms with Gasteiger partial charge in [-0.15, -0.1) is 0 Å². The topological polar surface area (TPSA) is 44.8 Å². The van der Waals surface area contributed by atoms with E-state index in [-0.39, 0.29) is 37.7 Å². The molecule has 0 aliphatic heterocycles. The number of esters is 1. The second kappa shape index (κ2) is 17.3. The van der Waals surface area contributed by atoms with Crippen LogP contribution in [0.2, 0.25) is 0 Å². The molecule has 0 saturated heterocycles. The van der Waals surface area contributed by atoms with Crippen molar-refractivity contribution in [3.05, 3.63) is 0 Å². The van der Waals surface area contributed by atoms with Gasteiger partial charge in [-0.1, -0.05) is 51.9 Å². The van der Waals surface area contributed by atoms with Gasteiger partial charge < -0.3 is 14.2 Å². The minimum absolute atomic E-state index is 0.0320. The van der Waals surface area contributed by atoms with Crippen LogP contribution >= 0.6 is 0 Å². The number of ether oxygens (including phenoxy) is 3. The Balaban J connectivity index is 1.71. The van der Waals surface area contributed by atoms with Crippen LogP contribution in [-0.2, 0) is 19.0 Å². The van der Waals surface area contributed by atoms with E-state index in [4.69, 9.17) is 9.47 Å². The van der Waals surface area contributed by atoms with Gasteiger partial charge in [0.15, 0.2) is 0 Å². The molecule has 0 radical (unpaired) electrons. The Kier molecular flexibility index (Phi) is 15.3. The average molecular weight is 697 g/mol. The lowest BCUT2D eigenvalue weighted by atomic mass is 9.87. The van der Waals surface area contributed by atoms with Crippen molar-refractivity contribution in [1.29, 1.82) is 0 Å². The number of halogens is 12. The van der Waals surface area contributed by atoms with Gasteiger partial charge in [-0.3, -0.25) is 4.79 Å². The van der Waals surface area contributed by atoms with Gasteiger partial charge in [0.05, 0.1) is 18.1 Å². The fraction of sp³-hybridized carbons (Fsp3) is 0.967. The van der Waals surface area contributed by atoms with Gasteiger partial charge in [0.2, 0.25) is 0 Å². The van der Waals surface area contributed by atoms with Gasteiger partial charge in [0.1, 0.15) is 12.7 Å². The van der Waals surface area contributed by atoms with Crippen LogP contribution < -0.4 is 0 Å². The molecule has 0 N–H and O–H groups in total. The number of carbonyl (C=O) groups is 1. The van der Waals surface area contributed by atoms with Crippen molar-refractivity contribution in [3.8, 4) is 0 Å². The summed E-state index contributed by atoms with van der Waals surface area (Å²) in [7, 11) is 0. The van der Waals surface area contributed by atoms with E-state index in [2.05, 4.69) is 11.7 Å². The third kappa shape index (κ3) is 10.0. The van der Waals surface area contributed by atoms with E-state index in [1.165, 1.54) is 38.5 Å². The second-order valence-electron chi connectivity index (χ2n) is 12.3. The summed E-state index contributed by atoms with van der Waals surface area (Å²) in [5.41, 5.74) is 0. The molecule has 0 aromatic heterocycles. The Morgan fingerprint density at radius 3 is 1.59 bits per heavy atom. The highest BCUT2D eigenvalue weighted by atomic mass is 19.4. The molecule has 2 fully saturated rings. The lowest BCUT2D eigenvalue weighted by molar-refractivity contribution is -0.416. The van der Waals surface area contributed by atoms with E-state index < -0.39 is 60.8 Å². The zero-order chi connectivity index (χ0) is 34.8. The Morgan fingerprint density at radius 2 is 1.07 bits per heavy atom. The van der Waals surface area contributed by atoms with Crippen LogP contribution in [0.5, 0.6) is 0 Å². The molecule has 0 aromatic rings. The van der Waals surface area contributed by atoms with Gasteiger partial charge in [0.25, 0.3) is 0 Å². The summed E-state index contributed by atoms with van der Waals surface area (Å²) in [5.74, 6) is -36.3. The van der Waals surface area contributed by atoms with Crippen molar-refractivity contribution in [2.24, 2.45) is 5.92 Å². The van der Waals surface area contributed by atoms with E-state index in [9.17, 15) is 57.5 Å². The third-order valence-corrected chi connectivity index (χ3v) is 8.70. The lowest BCUT2D eigenvalue weighted by Gasteiger charge is -2.39.